The number of pyridine rings is 1. The number of hydrogen-bond acceptors (Lipinski definition) is 7. The fourth-order valence-electron chi connectivity index (χ4n) is 3.48. The van der Waals surface area contributed by atoms with Crippen LogP contribution in [0.2, 0.25) is 0 Å². The van der Waals surface area contributed by atoms with Crippen molar-refractivity contribution in [2.75, 3.05) is 25.7 Å². The smallest absolute Gasteiger partial charge is 0.260 e. The first-order chi connectivity index (χ1) is 16.6. The number of carbonyl (C=O) groups is 1. The first-order valence-corrected chi connectivity index (χ1v) is 11.9. The molecule has 0 aliphatic carbocycles. The molecule has 7 nitrogen and oxygen atoms in total. The molecule has 0 fully saturated rings. The molecule has 176 valence electrons. The maximum atomic E-state index is 13.8. The first-order valence-electron chi connectivity index (χ1n) is 11.1. The number of fused-ring (bicyclic) bond motifs is 1. The third-order valence-corrected chi connectivity index (χ3v) is 6.36. The number of aromatic nitrogens is 2. The average Bonchev–Trinajstić information content (AvgIpc) is 3.32. The van der Waals surface area contributed by atoms with Gasteiger partial charge in [-0.05, 0) is 48.9 Å². The van der Waals surface area contributed by atoms with Gasteiger partial charge in [0.2, 0.25) is 0 Å². The highest BCUT2D eigenvalue weighted by molar-refractivity contribution is 7.22. The SMILES string of the molecule is CCCCOc1cccc(C(=O)N(Cc2ccccn2)c2nc3c(OC)ccc(OC)c3s2)c1. The molecule has 0 bridgehead atoms. The van der Waals surface area contributed by atoms with Crippen LogP contribution >= 0.6 is 11.3 Å². The average molecular weight is 478 g/mol. The van der Waals surface area contributed by atoms with Crippen LogP contribution in [0.3, 0.4) is 0 Å². The van der Waals surface area contributed by atoms with Crippen molar-refractivity contribution in [1.82, 2.24) is 9.97 Å². The Balaban J connectivity index is 1.75. The largest absolute Gasteiger partial charge is 0.495 e. The van der Waals surface area contributed by atoms with Gasteiger partial charge >= 0.3 is 0 Å². The van der Waals surface area contributed by atoms with Gasteiger partial charge in [-0.15, -0.1) is 0 Å². The molecule has 2 heterocycles. The number of ether oxygens (including phenoxy) is 3. The van der Waals surface area contributed by atoms with E-state index < -0.39 is 0 Å². The van der Waals surface area contributed by atoms with E-state index in [4.69, 9.17) is 19.2 Å². The molecule has 0 aliphatic heterocycles. The van der Waals surface area contributed by atoms with Crippen molar-refractivity contribution in [3.63, 3.8) is 0 Å². The third-order valence-electron chi connectivity index (χ3n) is 5.27. The number of thiazole rings is 1. The van der Waals surface area contributed by atoms with E-state index in [1.54, 1.807) is 37.4 Å². The van der Waals surface area contributed by atoms with E-state index in [9.17, 15) is 4.79 Å². The van der Waals surface area contributed by atoms with Gasteiger partial charge in [-0.1, -0.05) is 36.8 Å². The molecule has 0 atom stereocenters. The molecule has 8 heteroatoms. The lowest BCUT2D eigenvalue weighted by Crippen LogP contribution is -2.30. The van der Waals surface area contributed by atoms with Crippen LogP contribution in [0.5, 0.6) is 17.2 Å². The van der Waals surface area contributed by atoms with Gasteiger partial charge in [0.25, 0.3) is 5.91 Å². The molecule has 1 amide bonds. The van der Waals surface area contributed by atoms with Crippen LogP contribution < -0.4 is 19.1 Å². The molecule has 0 aliphatic rings. The Morgan fingerprint density at radius 2 is 1.85 bits per heavy atom. The van der Waals surface area contributed by atoms with Crippen LogP contribution in [0.4, 0.5) is 5.13 Å². The van der Waals surface area contributed by atoms with E-state index in [0.717, 1.165) is 23.2 Å². The second-order valence-electron chi connectivity index (χ2n) is 7.59. The Morgan fingerprint density at radius 1 is 1.03 bits per heavy atom. The van der Waals surface area contributed by atoms with Gasteiger partial charge in [0.05, 0.1) is 33.1 Å². The first kappa shape index (κ1) is 23.5. The Labute approximate surface area is 202 Å². The number of amides is 1. The van der Waals surface area contributed by atoms with Crippen LogP contribution in [0.1, 0.15) is 35.8 Å². The Bertz CT molecular complexity index is 1220. The van der Waals surface area contributed by atoms with Crippen LogP contribution in [0.25, 0.3) is 10.2 Å². The normalized spacial score (nSPS) is 10.8. The van der Waals surface area contributed by atoms with Gasteiger partial charge in [0.1, 0.15) is 27.5 Å². The fraction of sp³-hybridized carbons (Fsp3) is 0.269. The highest BCUT2D eigenvalue weighted by Crippen LogP contribution is 2.40. The summed E-state index contributed by atoms with van der Waals surface area (Å²) in [7, 11) is 3.21. The maximum absolute atomic E-state index is 13.8. The molecule has 2 aromatic carbocycles. The van der Waals surface area contributed by atoms with E-state index in [-0.39, 0.29) is 12.5 Å². The number of unbranched alkanes of at least 4 members (excludes halogenated alkanes) is 1. The van der Waals surface area contributed by atoms with Gasteiger partial charge in [-0.3, -0.25) is 14.7 Å². The topological polar surface area (TPSA) is 73.8 Å². The molecular weight excluding hydrogens is 450 g/mol. The summed E-state index contributed by atoms with van der Waals surface area (Å²) in [6, 6.07) is 16.5. The summed E-state index contributed by atoms with van der Waals surface area (Å²) in [5.74, 6) is 1.78. The fourth-order valence-corrected chi connectivity index (χ4v) is 4.55. The lowest BCUT2D eigenvalue weighted by Gasteiger charge is -2.20. The van der Waals surface area contributed by atoms with Crippen molar-refractivity contribution in [2.45, 2.75) is 26.3 Å². The van der Waals surface area contributed by atoms with E-state index >= 15 is 0 Å². The quantitative estimate of drug-likeness (QED) is 0.271. The second kappa shape index (κ2) is 11.0. The molecule has 2 aromatic heterocycles. The summed E-state index contributed by atoms with van der Waals surface area (Å²) in [5.41, 5.74) is 1.92. The van der Waals surface area contributed by atoms with Crippen molar-refractivity contribution in [2.24, 2.45) is 0 Å². The molecule has 0 unspecified atom stereocenters. The number of hydrogen-bond donors (Lipinski definition) is 0. The highest BCUT2D eigenvalue weighted by Gasteiger charge is 2.24. The summed E-state index contributed by atoms with van der Waals surface area (Å²) in [4.78, 5) is 24.6. The standard InChI is InChI=1S/C26H27N3O4S/c1-4-5-15-33-20-11-8-9-18(16-20)25(30)29(17-19-10-6-7-14-27-19)26-28-23-21(31-2)12-13-22(32-3)24(23)34-26/h6-14,16H,4-5,15,17H2,1-3H3. The summed E-state index contributed by atoms with van der Waals surface area (Å²) in [6.45, 7) is 3.00. The van der Waals surface area contributed by atoms with Crippen LogP contribution in [0, 0.1) is 0 Å². The molecule has 0 N–H and O–H groups in total. The minimum atomic E-state index is -0.191. The number of nitrogens with zero attached hydrogens (tertiary/aromatic N) is 3. The summed E-state index contributed by atoms with van der Waals surface area (Å²) >= 11 is 1.38. The highest BCUT2D eigenvalue weighted by atomic mass is 32.1. The molecule has 4 rings (SSSR count). The van der Waals surface area contributed by atoms with Gasteiger partial charge in [-0.25, -0.2) is 4.98 Å². The van der Waals surface area contributed by atoms with Gasteiger partial charge in [0, 0.05) is 11.8 Å². The van der Waals surface area contributed by atoms with E-state index in [0.29, 0.717) is 40.1 Å². The van der Waals surface area contributed by atoms with E-state index in [2.05, 4.69) is 11.9 Å². The monoisotopic (exact) mass is 477 g/mol. The predicted molar refractivity (Wildman–Crippen MR) is 134 cm³/mol. The zero-order valence-electron chi connectivity index (χ0n) is 19.5. The summed E-state index contributed by atoms with van der Waals surface area (Å²) in [5, 5.41) is 0.533. The molecule has 0 saturated carbocycles. The lowest BCUT2D eigenvalue weighted by molar-refractivity contribution is 0.0984. The van der Waals surface area contributed by atoms with Gasteiger partial charge in [0.15, 0.2) is 5.13 Å². The van der Waals surface area contributed by atoms with Crippen molar-refractivity contribution < 1.29 is 19.0 Å². The minimum absolute atomic E-state index is 0.191. The minimum Gasteiger partial charge on any atom is -0.495 e. The Hall–Kier alpha value is -3.65. The van der Waals surface area contributed by atoms with Crippen LogP contribution in [-0.2, 0) is 6.54 Å². The molecule has 0 saturated heterocycles. The Kier molecular flexibility index (Phi) is 7.59. The van der Waals surface area contributed by atoms with Crippen LogP contribution in [-0.4, -0.2) is 36.7 Å². The van der Waals surface area contributed by atoms with Gasteiger partial charge in [-0.2, -0.15) is 0 Å². The van der Waals surface area contributed by atoms with Gasteiger partial charge < -0.3 is 14.2 Å². The molecule has 0 radical (unpaired) electrons. The lowest BCUT2D eigenvalue weighted by atomic mass is 10.2. The van der Waals surface area contributed by atoms with Crippen LogP contribution in [0.15, 0.2) is 60.8 Å². The zero-order valence-corrected chi connectivity index (χ0v) is 20.3. The number of carbonyl (C=O) groups excluding carboxylic acids is 1. The predicted octanol–water partition coefficient (Wildman–Crippen LogP) is 5.73. The summed E-state index contributed by atoms with van der Waals surface area (Å²) in [6.07, 6.45) is 3.71. The number of methoxy groups -OCH3 is 2. The third kappa shape index (κ3) is 5.12. The molecule has 34 heavy (non-hydrogen) atoms. The zero-order chi connectivity index (χ0) is 23.9. The number of benzene rings is 2. The molecule has 0 spiro atoms. The van der Waals surface area contributed by atoms with Crippen molar-refractivity contribution in [1.29, 1.82) is 0 Å². The molecular formula is C26H27N3O4S. The van der Waals surface area contributed by atoms with E-state index in [1.165, 1.54) is 11.3 Å². The second-order valence-corrected chi connectivity index (χ2v) is 8.56. The molecule has 4 aromatic rings. The van der Waals surface area contributed by atoms with Crippen molar-refractivity contribution >= 4 is 32.6 Å². The maximum Gasteiger partial charge on any atom is 0.260 e. The number of rotatable bonds is 10. The summed E-state index contributed by atoms with van der Waals surface area (Å²) < 4.78 is 17.7. The number of anilines is 1. The Morgan fingerprint density at radius 3 is 2.59 bits per heavy atom. The van der Waals surface area contributed by atoms with Crippen molar-refractivity contribution in [3.05, 3.63) is 72.1 Å². The van der Waals surface area contributed by atoms with Crippen molar-refractivity contribution in [3.8, 4) is 17.2 Å². The van der Waals surface area contributed by atoms with E-state index in [1.807, 2.05) is 42.5 Å².